The first-order valence-corrected chi connectivity index (χ1v) is 9.23. The molecule has 140 valence electrons. The Labute approximate surface area is 157 Å². The summed E-state index contributed by atoms with van der Waals surface area (Å²) < 4.78 is 5.15. The first kappa shape index (κ1) is 19.8. The van der Waals surface area contributed by atoms with Crippen molar-refractivity contribution >= 4 is 17.3 Å². The van der Waals surface area contributed by atoms with Crippen LogP contribution in [0.1, 0.15) is 57.1 Å². The summed E-state index contributed by atoms with van der Waals surface area (Å²) >= 11 is 0. The fourth-order valence-corrected chi connectivity index (χ4v) is 2.93. The summed E-state index contributed by atoms with van der Waals surface area (Å²) in [5.41, 5.74) is 4.33. The van der Waals surface area contributed by atoms with Gasteiger partial charge in [0.2, 0.25) is 5.91 Å². The molecular formula is C22H30N2O2. The third kappa shape index (κ3) is 5.25. The molecule has 0 radical (unpaired) electrons. The summed E-state index contributed by atoms with van der Waals surface area (Å²) in [5, 5.41) is 6.42. The minimum atomic E-state index is 0.0287. The summed E-state index contributed by atoms with van der Waals surface area (Å²) in [4.78, 5) is 12.5. The smallest absolute Gasteiger partial charge is 0.226 e. The minimum absolute atomic E-state index is 0.0287. The van der Waals surface area contributed by atoms with Crippen LogP contribution in [0.5, 0.6) is 5.75 Å². The van der Waals surface area contributed by atoms with Gasteiger partial charge in [0.05, 0.1) is 7.11 Å². The van der Waals surface area contributed by atoms with Gasteiger partial charge in [-0.25, -0.2) is 0 Å². The van der Waals surface area contributed by atoms with Gasteiger partial charge < -0.3 is 15.4 Å². The second kappa shape index (κ2) is 9.27. The highest BCUT2D eigenvalue weighted by Gasteiger charge is 2.15. The van der Waals surface area contributed by atoms with E-state index < -0.39 is 0 Å². The molecule has 4 nitrogen and oxygen atoms in total. The lowest BCUT2D eigenvalue weighted by atomic mass is 9.92. The third-order valence-corrected chi connectivity index (χ3v) is 4.41. The number of nitrogens with one attached hydrogen (secondary N) is 2. The summed E-state index contributed by atoms with van der Waals surface area (Å²) in [5.74, 6) is 1.57. The van der Waals surface area contributed by atoms with Crippen LogP contribution < -0.4 is 15.4 Å². The zero-order chi connectivity index (χ0) is 19.1. The molecule has 2 N–H and O–H groups in total. The van der Waals surface area contributed by atoms with Gasteiger partial charge in [-0.3, -0.25) is 4.79 Å². The molecule has 2 rings (SSSR count). The third-order valence-electron chi connectivity index (χ3n) is 4.41. The number of carbonyl (C=O) groups is 1. The van der Waals surface area contributed by atoms with E-state index >= 15 is 0 Å². The van der Waals surface area contributed by atoms with E-state index in [2.05, 4.69) is 56.5 Å². The van der Waals surface area contributed by atoms with Crippen molar-refractivity contribution < 1.29 is 9.53 Å². The fraction of sp³-hybridized carbons (Fsp3) is 0.409. The molecule has 0 aliphatic carbocycles. The molecule has 2 aromatic carbocycles. The number of carbonyl (C=O) groups excluding carboxylic acids is 1. The summed E-state index contributed by atoms with van der Waals surface area (Å²) in [7, 11) is 1.65. The van der Waals surface area contributed by atoms with Crippen molar-refractivity contribution in [2.24, 2.45) is 0 Å². The molecule has 1 amide bonds. The van der Waals surface area contributed by atoms with Crippen molar-refractivity contribution in [3.05, 3.63) is 53.6 Å². The highest BCUT2D eigenvalue weighted by Crippen LogP contribution is 2.32. The van der Waals surface area contributed by atoms with Crippen LogP contribution in [-0.4, -0.2) is 19.6 Å². The maximum Gasteiger partial charge on any atom is 0.226 e. The van der Waals surface area contributed by atoms with E-state index in [0.717, 1.165) is 17.1 Å². The van der Waals surface area contributed by atoms with Gasteiger partial charge in [-0.1, -0.05) is 45.9 Å². The first-order valence-electron chi connectivity index (χ1n) is 9.23. The van der Waals surface area contributed by atoms with Crippen molar-refractivity contribution in [2.75, 3.05) is 24.3 Å². The van der Waals surface area contributed by atoms with Gasteiger partial charge in [-0.05, 0) is 47.2 Å². The number of ether oxygens (including phenoxy) is 1. The van der Waals surface area contributed by atoms with Crippen molar-refractivity contribution in [1.29, 1.82) is 0 Å². The van der Waals surface area contributed by atoms with Crippen molar-refractivity contribution in [3.63, 3.8) is 0 Å². The molecule has 0 spiro atoms. The highest BCUT2D eigenvalue weighted by molar-refractivity contribution is 5.93. The molecule has 0 aliphatic heterocycles. The molecule has 0 atom stereocenters. The van der Waals surface area contributed by atoms with Crippen molar-refractivity contribution in [2.45, 2.75) is 46.0 Å². The minimum Gasteiger partial charge on any atom is -0.497 e. The van der Waals surface area contributed by atoms with Crippen LogP contribution in [0.25, 0.3) is 0 Å². The quantitative estimate of drug-likeness (QED) is 0.669. The van der Waals surface area contributed by atoms with Crippen LogP contribution in [0, 0.1) is 0 Å². The molecule has 4 heteroatoms. The molecule has 0 saturated heterocycles. The lowest BCUT2D eigenvalue weighted by molar-refractivity contribution is -0.115. The Hall–Kier alpha value is -2.49. The normalized spacial score (nSPS) is 10.9. The molecule has 0 aliphatic rings. The van der Waals surface area contributed by atoms with Gasteiger partial charge in [0, 0.05) is 24.3 Å². The number of benzene rings is 2. The molecule has 0 aromatic heterocycles. The molecule has 0 fully saturated rings. The maximum atomic E-state index is 12.5. The standard InChI is InChI=1S/C22H30N2O2/c1-15(2)19-7-6-8-20(16(3)4)22(19)24-21(25)13-14-23-17-9-11-18(26-5)12-10-17/h6-12,15-16,23H,13-14H2,1-5H3,(H,24,25). The van der Waals surface area contributed by atoms with E-state index in [1.807, 2.05) is 24.3 Å². The fourth-order valence-electron chi connectivity index (χ4n) is 2.93. The van der Waals surface area contributed by atoms with Crippen LogP contribution in [0.4, 0.5) is 11.4 Å². The van der Waals surface area contributed by atoms with Gasteiger partial charge in [-0.2, -0.15) is 0 Å². The second-order valence-corrected chi connectivity index (χ2v) is 7.07. The van der Waals surface area contributed by atoms with Crippen LogP contribution >= 0.6 is 0 Å². The lowest BCUT2D eigenvalue weighted by Crippen LogP contribution is -2.18. The average Bonchev–Trinajstić information content (AvgIpc) is 2.62. The highest BCUT2D eigenvalue weighted by atomic mass is 16.5. The zero-order valence-electron chi connectivity index (χ0n) is 16.4. The molecule has 0 saturated carbocycles. The Balaban J connectivity index is 1.98. The van der Waals surface area contributed by atoms with Crippen molar-refractivity contribution in [3.8, 4) is 5.75 Å². The van der Waals surface area contributed by atoms with Gasteiger partial charge >= 0.3 is 0 Å². The molecule has 2 aromatic rings. The van der Waals surface area contributed by atoms with Gasteiger partial charge in [0.1, 0.15) is 5.75 Å². The number of hydrogen-bond acceptors (Lipinski definition) is 3. The van der Waals surface area contributed by atoms with Crippen LogP contribution in [0.2, 0.25) is 0 Å². The van der Waals surface area contributed by atoms with Crippen LogP contribution in [0.3, 0.4) is 0 Å². The van der Waals surface area contributed by atoms with Gasteiger partial charge in [0.25, 0.3) is 0 Å². The SMILES string of the molecule is COc1ccc(NCCC(=O)Nc2c(C(C)C)cccc2C(C)C)cc1. The topological polar surface area (TPSA) is 50.4 Å². The number of hydrogen-bond donors (Lipinski definition) is 2. The maximum absolute atomic E-state index is 12.5. The van der Waals surface area contributed by atoms with Crippen molar-refractivity contribution in [1.82, 2.24) is 0 Å². The zero-order valence-corrected chi connectivity index (χ0v) is 16.4. The lowest BCUT2D eigenvalue weighted by Gasteiger charge is -2.20. The number of amides is 1. The summed E-state index contributed by atoms with van der Waals surface area (Å²) in [6.07, 6.45) is 0.413. The molecule has 26 heavy (non-hydrogen) atoms. The van der Waals surface area contributed by atoms with E-state index in [-0.39, 0.29) is 5.91 Å². The van der Waals surface area contributed by atoms with Crippen LogP contribution in [-0.2, 0) is 4.79 Å². The molecule has 0 bridgehead atoms. The number of rotatable bonds is 8. The molecular weight excluding hydrogens is 324 g/mol. The average molecular weight is 354 g/mol. The summed E-state index contributed by atoms with van der Waals surface area (Å²) in [6, 6.07) is 14.0. The first-order chi connectivity index (χ1) is 12.4. The number of anilines is 2. The Morgan fingerprint density at radius 1 is 0.962 bits per heavy atom. The van der Waals surface area contributed by atoms with E-state index in [0.29, 0.717) is 24.8 Å². The number of para-hydroxylation sites is 1. The largest absolute Gasteiger partial charge is 0.497 e. The van der Waals surface area contributed by atoms with E-state index in [9.17, 15) is 4.79 Å². The predicted octanol–water partition coefficient (Wildman–Crippen LogP) is 5.38. The Morgan fingerprint density at radius 3 is 2.04 bits per heavy atom. The molecule has 0 heterocycles. The predicted molar refractivity (Wildman–Crippen MR) is 109 cm³/mol. The van der Waals surface area contributed by atoms with Crippen LogP contribution in [0.15, 0.2) is 42.5 Å². The second-order valence-electron chi connectivity index (χ2n) is 7.07. The van der Waals surface area contributed by atoms with Gasteiger partial charge in [-0.15, -0.1) is 0 Å². The van der Waals surface area contributed by atoms with Gasteiger partial charge in [0.15, 0.2) is 0 Å². The van der Waals surface area contributed by atoms with E-state index in [1.165, 1.54) is 11.1 Å². The Kier molecular flexibility index (Phi) is 7.07. The van der Waals surface area contributed by atoms with E-state index in [4.69, 9.17) is 4.74 Å². The Bertz CT molecular complexity index is 695. The Morgan fingerprint density at radius 2 is 1.54 bits per heavy atom. The monoisotopic (exact) mass is 354 g/mol. The van der Waals surface area contributed by atoms with E-state index in [1.54, 1.807) is 7.11 Å². The molecule has 0 unspecified atom stereocenters. The number of methoxy groups -OCH3 is 1. The summed E-state index contributed by atoms with van der Waals surface area (Å²) in [6.45, 7) is 9.19.